The van der Waals surface area contributed by atoms with E-state index in [1.165, 1.54) is 0 Å². The molecule has 2 saturated heterocycles. The standard InChI is InChI=1S/C19H17N5O2S/c25-17-19(23-18(26)22-17)7-3-8-24(11-19)16-13-4-1-2-5-14(13)20-15(21-16)12-6-9-27-10-12/h1-2,4-6,9-10H,3,7-8,11H2,(H2,22,23,25,26). The molecule has 8 heteroatoms. The number of carbonyl (C=O) groups excluding carboxylic acids is 2. The molecular formula is C19H17N5O2S. The molecule has 3 amide bonds. The van der Waals surface area contributed by atoms with Crippen molar-refractivity contribution in [1.29, 1.82) is 0 Å². The van der Waals surface area contributed by atoms with Gasteiger partial charge in [-0.3, -0.25) is 10.1 Å². The average molecular weight is 379 g/mol. The van der Waals surface area contributed by atoms with Gasteiger partial charge in [0.15, 0.2) is 5.82 Å². The van der Waals surface area contributed by atoms with Gasteiger partial charge in [0.05, 0.1) is 12.1 Å². The van der Waals surface area contributed by atoms with Crippen LogP contribution in [0.1, 0.15) is 12.8 Å². The lowest BCUT2D eigenvalue weighted by atomic mass is 9.89. The zero-order valence-corrected chi connectivity index (χ0v) is 15.3. The van der Waals surface area contributed by atoms with Gasteiger partial charge in [0.25, 0.3) is 5.91 Å². The first-order valence-corrected chi connectivity index (χ1v) is 9.77. The quantitative estimate of drug-likeness (QED) is 0.668. The predicted octanol–water partition coefficient (Wildman–Crippen LogP) is 2.54. The van der Waals surface area contributed by atoms with E-state index in [2.05, 4.69) is 15.5 Å². The van der Waals surface area contributed by atoms with Crippen LogP contribution in [-0.4, -0.2) is 40.5 Å². The van der Waals surface area contributed by atoms with E-state index in [1.54, 1.807) is 11.3 Å². The van der Waals surface area contributed by atoms with Gasteiger partial charge in [-0.15, -0.1) is 0 Å². The van der Waals surface area contributed by atoms with Crippen molar-refractivity contribution in [3.63, 3.8) is 0 Å². The normalized spacial score (nSPS) is 22.3. The van der Waals surface area contributed by atoms with Crippen molar-refractivity contribution in [2.45, 2.75) is 18.4 Å². The van der Waals surface area contributed by atoms with Gasteiger partial charge in [0.1, 0.15) is 11.4 Å². The van der Waals surface area contributed by atoms with E-state index in [0.717, 1.165) is 35.2 Å². The molecule has 3 aromatic rings. The fourth-order valence-corrected chi connectivity index (χ4v) is 4.51. The lowest BCUT2D eigenvalue weighted by Crippen LogP contribution is -2.58. The fourth-order valence-electron chi connectivity index (χ4n) is 3.87. The van der Waals surface area contributed by atoms with Crippen LogP contribution in [0.2, 0.25) is 0 Å². The first-order valence-electron chi connectivity index (χ1n) is 8.83. The van der Waals surface area contributed by atoms with Gasteiger partial charge in [-0.1, -0.05) is 12.1 Å². The Balaban J connectivity index is 1.61. The highest BCUT2D eigenvalue weighted by Crippen LogP contribution is 2.33. The van der Waals surface area contributed by atoms with Crippen molar-refractivity contribution in [3.05, 3.63) is 41.1 Å². The summed E-state index contributed by atoms with van der Waals surface area (Å²) in [6, 6.07) is 9.47. The maximum atomic E-state index is 12.4. The molecule has 136 valence electrons. The topological polar surface area (TPSA) is 87.2 Å². The number of para-hydroxylation sites is 1. The number of imide groups is 1. The van der Waals surface area contributed by atoms with Crippen molar-refractivity contribution in [2.24, 2.45) is 0 Å². The molecule has 2 fully saturated rings. The fraction of sp³-hybridized carbons (Fsp3) is 0.263. The van der Waals surface area contributed by atoms with Crippen LogP contribution in [0.25, 0.3) is 22.3 Å². The summed E-state index contributed by atoms with van der Waals surface area (Å²) in [7, 11) is 0. The number of carbonyl (C=O) groups is 2. The molecule has 5 rings (SSSR count). The molecule has 1 spiro atoms. The van der Waals surface area contributed by atoms with E-state index >= 15 is 0 Å². The Morgan fingerprint density at radius 2 is 2.04 bits per heavy atom. The van der Waals surface area contributed by atoms with Crippen molar-refractivity contribution >= 4 is 40.0 Å². The number of thiophene rings is 1. The second-order valence-electron chi connectivity index (χ2n) is 6.92. The first kappa shape index (κ1) is 16.2. The van der Waals surface area contributed by atoms with E-state index < -0.39 is 11.6 Å². The largest absolute Gasteiger partial charge is 0.353 e. The van der Waals surface area contributed by atoms with Crippen LogP contribution in [-0.2, 0) is 4.79 Å². The number of amides is 3. The third-order valence-corrected chi connectivity index (χ3v) is 5.85. The first-order chi connectivity index (χ1) is 13.1. The summed E-state index contributed by atoms with van der Waals surface area (Å²) in [4.78, 5) is 35.8. The summed E-state index contributed by atoms with van der Waals surface area (Å²) in [5, 5.41) is 10.2. The molecule has 0 aliphatic carbocycles. The van der Waals surface area contributed by atoms with Gasteiger partial charge in [0, 0.05) is 22.9 Å². The SMILES string of the molecule is O=C1NC(=O)C2(CCCN(c3nc(-c4ccsc4)nc4ccccc34)C2)N1. The van der Waals surface area contributed by atoms with Crippen molar-refractivity contribution in [2.75, 3.05) is 18.0 Å². The number of nitrogens with one attached hydrogen (secondary N) is 2. The van der Waals surface area contributed by atoms with Crippen LogP contribution >= 0.6 is 11.3 Å². The third-order valence-electron chi connectivity index (χ3n) is 5.17. The summed E-state index contributed by atoms with van der Waals surface area (Å²) < 4.78 is 0. The number of anilines is 1. The van der Waals surface area contributed by atoms with Crippen LogP contribution in [0.15, 0.2) is 41.1 Å². The zero-order chi connectivity index (χ0) is 18.4. The average Bonchev–Trinajstić information content (AvgIpc) is 3.30. The van der Waals surface area contributed by atoms with Crippen LogP contribution in [0.3, 0.4) is 0 Å². The second kappa shape index (κ2) is 6.02. The summed E-state index contributed by atoms with van der Waals surface area (Å²) >= 11 is 1.60. The summed E-state index contributed by atoms with van der Waals surface area (Å²) in [6.07, 6.45) is 1.42. The number of hydrogen-bond donors (Lipinski definition) is 2. The van der Waals surface area contributed by atoms with Crippen LogP contribution < -0.4 is 15.5 Å². The minimum Gasteiger partial charge on any atom is -0.353 e. The maximum Gasteiger partial charge on any atom is 0.322 e. The number of hydrogen-bond acceptors (Lipinski definition) is 6. The molecule has 4 heterocycles. The Labute approximate surface area is 159 Å². The van der Waals surface area contributed by atoms with Crippen molar-refractivity contribution < 1.29 is 9.59 Å². The van der Waals surface area contributed by atoms with Gasteiger partial charge >= 0.3 is 6.03 Å². The predicted molar refractivity (Wildman–Crippen MR) is 104 cm³/mol. The molecule has 1 atom stereocenters. The summed E-state index contributed by atoms with van der Waals surface area (Å²) in [5.74, 6) is 1.22. The van der Waals surface area contributed by atoms with Gasteiger partial charge in [-0.2, -0.15) is 11.3 Å². The monoisotopic (exact) mass is 379 g/mol. The molecule has 2 aliphatic rings. The molecule has 2 N–H and O–H groups in total. The molecule has 0 radical (unpaired) electrons. The summed E-state index contributed by atoms with van der Waals surface area (Å²) in [6.45, 7) is 1.17. The smallest absolute Gasteiger partial charge is 0.322 e. The Morgan fingerprint density at radius 3 is 2.81 bits per heavy atom. The van der Waals surface area contributed by atoms with Crippen LogP contribution in [0.4, 0.5) is 10.6 Å². The molecule has 27 heavy (non-hydrogen) atoms. The lowest BCUT2D eigenvalue weighted by Gasteiger charge is -2.39. The van der Waals surface area contributed by atoms with Crippen LogP contribution in [0.5, 0.6) is 0 Å². The Hall–Kier alpha value is -3.00. The number of urea groups is 1. The highest BCUT2D eigenvalue weighted by Gasteiger charge is 2.49. The maximum absolute atomic E-state index is 12.4. The van der Waals surface area contributed by atoms with Gasteiger partial charge in [0.2, 0.25) is 0 Å². The highest BCUT2D eigenvalue weighted by molar-refractivity contribution is 7.08. The molecule has 2 aromatic heterocycles. The molecule has 0 saturated carbocycles. The number of rotatable bonds is 2. The number of aromatic nitrogens is 2. The molecule has 0 bridgehead atoms. The number of piperidine rings is 1. The Morgan fingerprint density at radius 1 is 1.15 bits per heavy atom. The van der Waals surface area contributed by atoms with Gasteiger partial charge < -0.3 is 10.2 Å². The number of fused-ring (bicyclic) bond motifs is 1. The molecule has 1 unspecified atom stereocenters. The van der Waals surface area contributed by atoms with E-state index in [0.29, 0.717) is 18.8 Å². The molecule has 1 aromatic carbocycles. The van der Waals surface area contributed by atoms with E-state index in [-0.39, 0.29) is 5.91 Å². The highest BCUT2D eigenvalue weighted by atomic mass is 32.1. The van der Waals surface area contributed by atoms with E-state index in [1.807, 2.05) is 41.1 Å². The third kappa shape index (κ3) is 2.64. The summed E-state index contributed by atoms with van der Waals surface area (Å²) in [5.41, 5.74) is 0.957. The zero-order valence-electron chi connectivity index (χ0n) is 14.4. The minimum absolute atomic E-state index is 0.256. The Kier molecular flexibility index (Phi) is 3.61. The lowest BCUT2D eigenvalue weighted by molar-refractivity contribution is -0.124. The van der Waals surface area contributed by atoms with E-state index in [4.69, 9.17) is 9.97 Å². The molecular weight excluding hydrogens is 362 g/mol. The minimum atomic E-state index is -0.885. The number of nitrogens with zero attached hydrogens (tertiary/aromatic N) is 3. The van der Waals surface area contributed by atoms with Crippen molar-refractivity contribution in [1.82, 2.24) is 20.6 Å². The van der Waals surface area contributed by atoms with E-state index in [9.17, 15) is 9.59 Å². The molecule has 2 aliphatic heterocycles. The second-order valence-corrected chi connectivity index (χ2v) is 7.70. The van der Waals surface area contributed by atoms with Crippen molar-refractivity contribution in [3.8, 4) is 11.4 Å². The molecule has 7 nitrogen and oxygen atoms in total. The van der Waals surface area contributed by atoms with Crippen LogP contribution in [0, 0.1) is 0 Å². The van der Waals surface area contributed by atoms with Gasteiger partial charge in [-0.05, 0) is 36.4 Å². The number of benzene rings is 1. The Bertz CT molecular complexity index is 1050. The van der Waals surface area contributed by atoms with Gasteiger partial charge in [-0.25, -0.2) is 14.8 Å².